The molecule has 0 saturated heterocycles. The molecule has 1 heterocycles. The number of rotatable bonds is 5. The van der Waals surface area contributed by atoms with Crippen molar-refractivity contribution in [3.8, 4) is 0 Å². The van der Waals surface area contributed by atoms with E-state index in [9.17, 15) is 18.0 Å². The Kier molecular flexibility index (Phi) is 4.13. The number of benzene rings is 1. The van der Waals surface area contributed by atoms with Gasteiger partial charge in [-0.05, 0) is 18.2 Å². The number of carbonyl (C=O) groups is 1. The van der Waals surface area contributed by atoms with Gasteiger partial charge in [-0.25, -0.2) is 13.2 Å². The fraction of sp³-hybridized carbons (Fsp3) is 0.286. The van der Waals surface area contributed by atoms with Crippen LogP contribution in [0.15, 0.2) is 33.5 Å². The first-order valence-corrected chi connectivity index (χ1v) is 8.28. The largest absolute Gasteiger partial charge is 0.422 e. The van der Waals surface area contributed by atoms with Crippen LogP contribution in [0.3, 0.4) is 0 Å². The molecule has 6 nitrogen and oxygen atoms in total. The average molecular weight is 309 g/mol. The van der Waals surface area contributed by atoms with E-state index in [0.717, 1.165) is 5.69 Å². The first-order valence-electron chi connectivity index (χ1n) is 6.22. The summed E-state index contributed by atoms with van der Waals surface area (Å²) >= 11 is 0. The normalized spacial score (nSPS) is 11.5. The van der Waals surface area contributed by atoms with Crippen molar-refractivity contribution in [3.63, 3.8) is 0 Å². The highest BCUT2D eigenvalue weighted by Crippen LogP contribution is 2.21. The summed E-state index contributed by atoms with van der Waals surface area (Å²) in [5.41, 5.74) is 0.372. The zero-order chi connectivity index (χ0) is 15.6. The van der Waals surface area contributed by atoms with E-state index in [2.05, 4.69) is 0 Å². The van der Waals surface area contributed by atoms with Crippen LogP contribution in [-0.2, 0) is 9.84 Å². The number of aldehydes is 1. The van der Waals surface area contributed by atoms with E-state index in [0.29, 0.717) is 23.8 Å². The molecule has 0 unspecified atom stereocenters. The standard InChI is InChI=1S/C14H15NO5S/c1-15(5-6-21(2,18)19)12-4-3-10-7-11(9-16)14(17)20-13(10)8-12/h3-4,7-9H,5-6H2,1-2H3. The lowest BCUT2D eigenvalue weighted by Crippen LogP contribution is -2.24. The van der Waals surface area contributed by atoms with Crippen LogP contribution < -0.4 is 10.5 Å². The van der Waals surface area contributed by atoms with Gasteiger partial charge in [0.25, 0.3) is 0 Å². The van der Waals surface area contributed by atoms with Crippen molar-refractivity contribution in [2.75, 3.05) is 30.5 Å². The van der Waals surface area contributed by atoms with Crippen molar-refractivity contribution in [2.24, 2.45) is 0 Å². The third-order valence-electron chi connectivity index (χ3n) is 3.11. The zero-order valence-electron chi connectivity index (χ0n) is 11.7. The van der Waals surface area contributed by atoms with Gasteiger partial charge in [-0.1, -0.05) is 0 Å². The van der Waals surface area contributed by atoms with Crippen LogP contribution in [0.25, 0.3) is 11.0 Å². The van der Waals surface area contributed by atoms with Crippen LogP contribution in [0, 0.1) is 0 Å². The Morgan fingerprint density at radius 2 is 2.00 bits per heavy atom. The molecule has 0 saturated carbocycles. The second-order valence-corrected chi connectivity index (χ2v) is 7.14. The fourth-order valence-corrected chi connectivity index (χ4v) is 2.47. The maximum Gasteiger partial charge on any atom is 0.346 e. The molecule has 1 aromatic heterocycles. The summed E-state index contributed by atoms with van der Waals surface area (Å²) in [6.07, 6.45) is 1.64. The van der Waals surface area contributed by atoms with Gasteiger partial charge in [0.15, 0.2) is 6.29 Å². The molecular weight excluding hydrogens is 294 g/mol. The zero-order valence-corrected chi connectivity index (χ0v) is 12.5. The lowest BCUT2D eigenvalue weighted by Gasteiger charge is -2.18. The van der Waals surface area contributed by atoms with Gasteiger partial charge in [0, 0.05) is 37.0 Å². The van der Waals surface area contributed by atoms with E-state index in [1.54, 1.807) is 30.1 Å². The van der Waals surface area contributed by atoms with Crippen LogP contribution in [0.1, 0.15) is 10.4 Å². The minimum absolute atomic E-state index is 0.0271. The van der Waals surface area contributed by atoms with Crippen molar-refractivity contribution in [3.05, 3.63) is 40.2 Å². The van der Waals surface area contributed by atoms with Crippen LogP contribution in [0.2, 0.25) is 0 Å². The molecule has 0 spiro atoms. The van der Waals surface area contributed by atoms with Crippen molar-refractivity contribution in [1.29, 1.82) is 0 Å². The second kappa shape index (κ2) is 5.69. The molecule has 7 heteroatoms. The van der Waals surface area contributed by atoms with Crippen molar-refractivity contribution < 1.29 is 17.6 Å². The molecule has 1 aromatic carbocycles. The van der Waals surface area contributed by atoms with Crippen LogP contribution in [0.5, 0.6) is 0 Å². The summed E-state index contributed by atoms with van der Waals surface area (Å²) in [4.78, 5) is 24.0. The molecule has 0 radical (unpaired) electrons. The molecule has 21 heavy (non-hydrogen) atoms. The molecule has 2 aromatic rings. The summed E-state index contributed by atoms with van der Waals surface area (Å²) in [5, 5.41) is 0.636. The second-order valence-electron chi connectivity index (χ2n) is 4.88. The maximum atomic E-state index is 11.5. The number of hydrogen-bond donors (Lipinski definition) is 0. The highest BCUT2D eigenvalue weighted by atomic mass is 32.2. The lowest BCUT2D eigenvalue weighted by molar-refractivity contribution is 0.112. The first-order chi connectivity index (χ1) is 9.80. The Labute approximate surface area is 121 Å². The van der Waals surface area contributed by atoms with E-state index < -0.39 is 15.5 Å². The van der Waals surface area contributed by atoms with Crippen molar-refractivity contribution in [1.82, 2.24) is 0 Å². The van der Waals surface area contributed by atoms with Crippen LogP contribution in [0.4, 0.5) is 5.69 Å². The predicted molar refractivity (Wildman–Crippen MR) is 80.9 cm³/mol. The number of hydrogen-bond acceptors (Lipinski definition) is 6. The monoisotopic (exact) mass is 309 g/mol. The average Bonchev–Trinajstić information content (AvgIpc) is 2.42. The smallest absolute Gasteiger partial charge is 0.346 e. The first kappa shape index (κ1) is 15.2. The Morgan fingerprint density at radius 3 is 2.62 bits per heavy atom. The summed E-state index contributed by atoms with van der Waals surface area (Å²) < 4.78 is 27.4. The molecule has 0 N–H and O–H groups in total. The molecule has 0 bridgehead atoms. The molecule has 2 rings (SSSR count). The fourth-order valence-electron chi connectivity index (χ4n) is 1.87. The minimum atomic E-state index is -3.04. The van der Waals surface area contributed by atoms with E-state index >= 15 is 0 Å². The van der Waals surface area contributed by atoms with Gasteiger partial charge in [0.05, 0.1) is 5.75 Å². The Hall–Kier alpha value is -2.15. The summed E-state index contributed by atoms with van der Waals surface area (Å²) in [6, 6.07) is 6.61. The van der Waals surface area contributed by atoms with Crippen LogP contribution in [-0.4, -0.2) is 40.3 Å². The molecule has 112 valence electrons. The number of carbonyl (C=O) groups excluding carboxylic acids is 1. The van der Waals surface area contributed by atoms with E-state index in [4.69, 9.17) is 4.42 Å². The van der Waals surface area contributed by atoms with Crippen molar-refractivity contribution >= 4 is 32.8 Å². The number of sulfone groups is 1. The third-order valence-corrected chi connectivity index (χ3v) is 4.04. The molecule has 0 aliphatic carbocycles. The highest BCUT2D eigenvalue weighted by Gasteiger charge is 2.09. The molecule has 0 amide bonds. The van der Waals surface area contributed by atoms with Gasteiger partial charge in [-0.3, -0.25) is 4.79 Å². The van der Waals surface area contributed by atoms with Gasteiger partial charge in [-0.2, -0.15) is 0 Å². The molecule has 0 aliphatic rings. The molecule has 0 aliphatic heterocycles. The summed E-state index contributed by atoms with van der Waals surface area (Å²) in [5.74, 6) is 0.0373. The minimum Gasteiger partial charge on any atom is -0.422 e. The lowest BCUT2D eigenvalue weighted by atomic mass is 10.1. The summed E-state index contributed by atoms with van der Waals surface area (Å²) in [6.45, 7) is 0.334. The van der Waals surface area contributed by atoms with E-state index in [1.807, 2.05) is 0 Å². The Bertz CT molecular complexity index is 838. The van der Waals surface area contributed by atoms with Gasteiger partial charge >= 0.3 is 5.63 Å². The summed E-state index contributed by atoms with van der Waals surface area (Å²) in [7, 11) is -1.29. The number of nitrogens with zero attached hydrogens (tertiary/aromatic N) is 1. The SMILES string of the molecule is CN(CCS(C)(=O)=O)c1ccc2cc(C=O)c(=O)oc2c1. The quantitative estimate of drug-likeness (QED) is 0.607. The number of fused-ring (bicyclic) bond motifs is 1. The molecule has 0 fully saturated rings. The Morgan fingerprint density at radius 1 is 1.29 bits per heavy atom. The maximum absolute atomic E-state index is 11.5. The highest BCUT2D eigenvalue weighted by molar-refractivity contribution is 7.90. The van der Waals surface area contributed by atoms with E-state index in [-0.39, 0.29) is 11.3 Å². The van der Waals surface area contributed by atoms with Gasteiger partial charge < -0.3 is 9.32 Å². The van der Waals surface area contributed by atoms with Gasteiger partial charge in [-0.15, -0.1) is 0 Å². The van der Waals surface area contributed by atoms with Gasteiger partial charge in [0.1, 0.15) is 21.0 Å². The predicted octanol–water partition coefficient (Wildman–Crippen LogP) is 1.09. The molecular formula is C14H15NO5S. The Balaban J connectivity index is 2.34. The number of anilines is 1. The molecule has 0 atom stereocenters. The van der Waals surface area contributed by atoms with Crippen molar-refractivity contribution in [2.45, 2.75) is 0 Å². The van der Waals surface area contributed by atoms with E-state index in [1.165, 1.54) is 12.3 Å². The topological polar surface area (TPSA) is 84.7 Å². The van der Waals surface area contributed by atoms with Crippen LogP contribution >= 0.6 is 0 Å². The third kappa shape index (κ3) is 3.69. The van der Waals surface area contributed by atoms with Gasteiger partial charge in [0.2, 0.25) is 0 Å².